The van der Waals surface area contributed by atoms with Gasteiger partial charge in [-0.1, -0.05) is 60.7 Å². The Bertz CT molecular complexity index is 1560. The minimum atomic E-state index is -0.821. The molecule has 0 aliphatic carbocycles. The molecule has 1 aliphatic rings. The maximum Gasteiger partial charge on any atom is 0.295 e. The highest BCUT2D eigenvalue weighted by Crippen LogP contribution is 2.41. The fraction of sp³-hybridized carbons (Fsp3) is 0.176. The van der Waals surface area contributed by atoms with Gasteiger partial charge in [-0.3, -0.25) is 9.59 Å². The van der Waals surface area contributed by atoms with Crippen LogP contribution in [0.3, 0.4) is 0 Å². The third-order valence-electron chi connectivity index (χ3n) is 6.93. The lowest BCUT2D eigenvalue weighted by Crippen LogP contribution is -2.32. The van der Waals surface area contributed by atoms with Gasteiger partial charge in [0.1, 0.15) is 29.6 Å². The zero-order chi connectivity index (χ0) is 28.8. The standard InChI is InChI=1S/C34H31NO6/c1-23-20-27(40-22-24-10-5-3-6-11-24)16-17-29(23)32(36)30-31(35(18-19-39-2)34(38)33(30)37)25-12-9-15-28(21-25)41-26-13-7-4-8-14-26/h3-17,20-21,31,36H,18-19,22H2,1-2H3/b32-30+/t31-/m1/s1. The number of ether oxygens (including phenoxy) is 3. The highest BCUT2D eigenvalue weighted by atomic mass is 16.5. The smallest absolute Gasteiger partial charge is 0.295 e. The van der Waals surface area contributed by atoms with Gasteiger partial charge < -0.3 is 24.2 Å². The minimum Gasteiger partial charge on any atom is -0.507 e. The number of carbonyl (C=O) groups excluding carboxylic acids is 2. The van der Waals surface area contributed by atoms with Crippen LogP contribution in [0.5, 0.6) is 17.2 Å². The van der Waals surface area contributed by atoms with Crippen molar-refractivity contribution in [1.29, 1.82) is 0 Å². The first-order valence-electron chi connectivity index (χ1n) is 13.3. The van der Waals surface area contributed by atoms with E-state index in [9.17, 15) is 14.7 Å². The molecule has 0 aromatic heterocycles. The highest BCUT2D eigenvalue weighted by molar-refractivity contribution is 6.46. The summed E-state index contributed by atoms with van der Waals surface area (Å²) in [6.45, 7) is 2.64. The Labute approximate surface area is 239 Å². The first-order valence-corrected chi connectivity index (χ1v) is 13.3. The van der Waals surface area contributed by atoms with Crippen LogP contribution in [0.1, 0.15) is 28.3 Å². The number of hydrogen-bond acceptors (Lipinski definition) is 6. The van der Waals surface area contributed by atoms with Gasteiger partial charge in [-0.2, -0.15) is 0 Å². The molecule has 0 unspecified atom stereocenters. The second-order valence-corrected chi connectivity index (χ2v) is 9.72. The van der Waals surface area contributed by atoms with Crippen molar-refractivity contribution >= 4 is 17.4 Å². The summed E-state index contributed by atoms with van der Waals surface area (Å²) in [6, 6.07) is 30.8. The monoisotopic (exact) mass is 549 g/mol. The van der Waals surface area contributed by atoms with Crippen LogP contribution in [0, 0.1) is 6.92 Å². The van der Waals surface area contributed by atoms with E-state index < -0.39 is 17.7 Å². The van der Waals surface area contributed by atoms with Crippen LogP contribution < -0.4 is 9.47 Å². The van der Waals surface area contributed by atoms with Crippen molar-refractivity contribution in [2.24, 2.45) is 0 Å². The summed E-state index contributed by atoms with van der Waals surface area (Å²) in [7, 11) is 1.53. The number of Topliss-reactive ketones (excluding diaryl/α,β-unsaturated/α-hetero) is 1. The van der Waals surface area contributed by atoms with Crippen LogP contribution >= 0.6 is 0 Å². The first-order chi connectivity index (χ1) is 20.0. The second-order valence-electron chi connectivity index (χ2n) is 9.72. The molecule has 1 saturated heterocycles. The molecule has 0 radical (unpaired) electrons. The third kappa shape index (κ3) is 6.15. The molecule has 1 amide bonds. The number of ketones is 1. The van der Waals surface area contributed by atoms with Gasteiger partial charge in [0.05, 0.1) is 18.2 Å². The molecule has 1 aliphatic heterocycles. The van der Waals surface area contributed by atoms with E-state index in [-0.39, 0.29) is 24.5 Å². The number of carbonyl (C=O) groups is 2. The van der Waals surface area contributed by atoms with Gasteiger partial charge in [-0.15, -0.1) is 0 Å². The fourth-order valence-corrected chi connectivity index (χ4v) is 4.90. The van der Waals surface area contributed by atoms with E-state index in [4.69, 9.17) is 14.2 Å². The van der Waals surface area contributed by atoms with Crippen LogP contribution in [0.15, 0.2) is 109 Å². The van der Waals surface area contributed by atoms with Crippen LogP contribution in [0.25, 0.3) is 5.76 Å². The molecule has 4 aromatic rings. The van der Waals surface area contributed by atoms with Crippen LogP contribution in [0.2, 0.25) is 0 Å². The molecule has 1 fully saturated rings. The predicted octanol–water partition coefficient (Wildman–Crippen LogP) is 6.43. The number of likely N-dealkylation sites (tertiary alicyclic amines) is 1. The van der Waals surface area contributed by atoms with Crippen molar-refractivity contribution in [2.45, 2.75) is 19.6 Å². The molecule has 0 spiro atoms. The lowest BCUT2D eigenvalue weighted by molar-refractivity contribution is -0.140. The summed E-state index contributed by atoms with van der Waals surface area (Å²) in [5.74, 6) is 0.149. The van der Waals surface area contributed by atoms with E-state index in [1.165, 1.54) is 12.0 Å². The van der Waals surface area contributed by atoms with Crippen molar-refractivity contribution < 1.29 is 28.9 Å². The van der Waals surface area contributed by atoms with E-state index in [2.05, 4.69) is 0 Å². The number of amides is 1. The molecule has 0 saturated carbocycles. The summed E-state index contributed by atoms with van der Waals surface area (Å²) in [5, 5.41) is 11.5. The van der Waals surface area contributed by atoms with Gasteiger partial charge in [0, 0.05) is 19.2 Å². The van der Waals surface area contributed by atoms with Crippen molar-refractivity contribution in [3.05, 3.63) is 131 Å². The minimum absolute atomic E-state index is 0.0176. The van der Waals surface area contributed by atoms with Crippen molar-refractivity contribution in [3.63, 3.8) is 0 Å². The van der Waals surface area contributed by atoms with Gasteiger partial charge in [-0.05, 0) is 66.1 Å². The van der Waals surface area contributed by atoms with Gasteiger partial charge in [0.2, 0.25) is 0 Å². The normalized spacial score (nSPS) is 16.1. The molecule has 7 nitrogen and oxygen atoms in total. The third-order valence-corrected chi connectivity index (χ3v) is 6.93. The van der Waals surface area contributed by atoms with Crippen molar-refractivity contribution in [2.75, 3.05) is 20.3 Å². The molecule has 5 rings (SSSR count). The lowest BCUT2D eigenvalue weighted by Gasteiger charge is -2.25. The Balaban J connectivity index is 1.50. The van der Waals surface area contributed by atoms with E-state index in [0.29, 0.717) is 40.5 Å². The van der Waals surface area contributed by atoms with Gasteiger partial charge >= 0.3 is 0 Å². The molecule has 1 N–H and O–H groups in total. The van der Waals surface area contributed by atoms with E-state index >= 15 is 0 Å². The summed E-state index contributed by atoms with van der Waals surface area (Å²) in [5.41, 5.74) is 2.84. The number of aliphatic hydroxyl groups excluding tert-OH is 1. The highest BCUT2D eigenvalue weighted by Gasteiger charge is 2.46. The topological polar surface area (TPSA) is 85.3 Å². The molecule has 4 aromatic carbocycles. The Morgan fingerprint density at radius 2 is 1.54 bits per heavy atom. The Hall–Kier alpha value is -4.88. The SMILES string of the molecule is COCCN1C(=O)C(=O)/C(=C(/O)c2ccc(OCc3ccccc3)cc2C)[C@H]1c1cccc(Oc2ccccc2)c1. The maximum absolute atomic E-state index is 13.4. The number of nitrogens with zero attached hydrogens (tertiary/aromatic N) is 1. The molecule has 1 atom stereocenters. The molecule has 1 heterocycles. The number of hydrogen-bond donors (Lipinski definition) is 1. The summed E-state index contributed by atoms with van der Waals surface area (Å²) < 4.78 is 17.2. The fourth-order valence-electron chi connectivity index (χ4n) is 4.90. The maximum atomic E-state index is 13.4. The predicted molar refractivity (Wildman–Crippen MR) is 156 cm³/mol. The number of para-hydroxylation sites is 1. The van der Waals surface area contributed by atoms with E-state index in [0.717, 1.165) is 5.56 Å². The zero-order valence-corrected chi connectivity index (χ0v) is 22.9. The zero-order valence-electron chi connectivity index (χ0n) is 22.9. The largest absolute Gasteiger partial charge is 0.507 e. The molecule has 0 bridgehead atoms. The quantitative estimate of drug-likeness (QED) is 0.139. The summed E-state index contributed by atoms with van der Waals surface area (Å²) in [6.07, 6.45) is 0. The number of benzene rings is 4. The summed E-state index contributed by atoms with van der Waals surface area (Å²) in [4.78, 5) is 28.0. The van der Waals surface area contributed by atoms with Crippen LogP contribution in [0.4, 0.5) is 0 Å². The molecule has 208 valence electrons. The van der Waals surface area contributed by atoms with Crippen LogP contribution in [-0.2, 0) is 20.9 Å². The molecular formula is C34H31NO6. The number of aliphatic hydroxyl groups is 1. The number of methoxy groups -OCH3 is 1. The van der Waals surface area contributed by atoms with Gasteiger partial charge in [0.15, 0.2) is 0 Å². The molecular weight excluding hydrogens is 518 g/mol. The summed E-state index contributed by atoms with van der Waals surface area (Å²) >= 11 is 0. The number of aryl methyl sites for hydroxylation is 1. The molecule has 41 heavy (non-hydrogen) atoms. The Morgan fingerprint density at radius 3 is 2.24 bits per heavy atom. The Kier molecular flexibility index (Phi) is 8.46. The first kappa shape index (κ1) is 27.7. The van der Waals surface area contributed by atoms with E-state index in [1.54, 1.807) is 30.3 Å². The molecule has 7 heteroatoms. The Morgan fingerprint density at radius 1 is 0.829 bits per heavy atom. The van der Waals surface area contributed by atoms with Gasteiger partial charge in [0.25, 0.3) is 11.7 Å². The average Bonchev–Trinajstić information content (AvgIpc) is 3.25. The second kappa shape index (κ2) is 12.5. The van der Waals surface area contributed by atoms with Crippen molar-refractivity contribution in [3.8, 4) is 17.2 Å². The van der Waals surface area contributed by atoms with E-state index in [1.807, 2.05) is 79.7 Å². The lowest BCUT2D eigenvalue weighted by atomic mass is 9.93. The van der Waals surface area contributed by atoms with Gasteiger partial charge in [-0.25, -0.2) is 0 Å². The number of rotatable bonds is 10. The van der Waals surface area contributed by atoms with Crippen LogP contribution in [-0.4, -0.2) is 42.0 Å². The average molecular weight is 550 g/mol. The van der Waals surface area contributed by atoms with Crippen molar-refractivity contribution in [1.82, 2.24) is 4.90 Å².